The molecule has 2 aliphatic rings. The Hall–Kier alpha value is 0.650. The first kappa shape index (κ1) is 13.1. The third-order valence-electron chi connectivity index (χ3n) is 3.69. The van der Waals surface area contributed by atoms with E-state index in [9.17, 15) is 0 Å². The highest BCUT2D eigenvalue weighted by Crippen LogP contribution is 2.26. The molecule has 0 aromatic heterocycles. The first-order valence-corrected chi connectivity index (χ1v) is 7.98. The number of hydrogen-bond donors (Lipinski definition) is 0. The molecule has 0 amide bonds. The minimum atomic E-state index is 0.480. The van der Waals surface area contributed by atoms with Crippen LogP contribution in [0.5, 0.6) is 0 Å². The highest BCUT2D eigenvalue weighted by molar-refractivity contribution is 14.1. The van der Waals surface area contributed by atoms with Crippen LogP contribution in [0.2, 0.25) is 0 Å². The van der Waals surface area contributed by atoms with Crippen LogP contribution in [0, 0.1) is 0 Å². The zero-order chi connectivity index (χ0) is 11.2. The smallest absolute Gasteiger partial charge is 0.0704 e. The second kappa shape index (κ2) is 7.17. The van der Waals surface area contributed by atoms with Crippen molar-refractivity contribution in [2.45, 2.75) is 67.5 Å². The van der Waals surface area contributed by atoms with Gasteiger partial charge in [-0.25, -0.2) is 0 Å². The van der Waals surface area contributed by atoms with Crippen LogP contribution in [-0.2, 0) is 9.47 Å². The maximum atomic E-state index is 5.96. The summed E-state index contributed by atoms with van der Waals surface area (Å²) in [5, 5.41) is 0. The molecule has 0 heterocycles. The third kappa shape index (κ3) is 4.15. The van der Waals surface area contributed by atoms with E-state index >= 15 is 0 Å². The quantitative estimate of drug-likeness (QED) is 0.329. The van der Waals surface area contributed by atoms with Gasteiger partial charge < -0.3 is 9.47 Å². The first-order chi connectivity index (χ1) is 7.86. The normalized spacial score (nSPS) is 32.1. The lowest BCUT2D eigenvalue weighted by Crippen LogP contribution is -2.27. The van der Waals surface area contributed by atoms with Crippen LogP contribution in [0.15, 0.2) is 0 Å². The van der Waals surface area contributed by atoms with Gasteiger partial charge in [-0.05, 0) is 32.1 Å². The molecular weight excluding hydrogens is 315 g/mol. The predicted molar refractivity (Wildman–Crippen MR) is 74.2 cm³/mol. The summed E-state index contributed by atoms with van der Waals surface area (Å²) in [6, 6.07) is 0. The molecule has 2 unspecified atom stereocenters. The van der Waals surface area contributed by atoms with Crippen molar-refractivity contribution < 1.29 is 9.47 Å². The molecule has 0 bridgehead atoms. The summed E-state index contributed by atoms with van der Waals surface area (Å²) < 4.78 is 12.4. The second-order valence-electron chi connectivity index (χ2n) is 4.99. The third-order valence-corrected chi connectivity index (χ3v) is 5.12. The largest absolute Gasteiger partial charge is 0.376 e. The molecule has 0 saturated heterocycles. The van der Waals surface area contributed by atoms with Crippen molar-refractivity contribution in [1.29, 1.82) is 0 Å². The fraction of sp³-hybridized carbons (Fsp3) is 1.00. The number of ether oxygens (including phenoxy) is 2. The van der Waals surface area contributed by atoms with Gasteiger partial charge in [0.2, 0.25) is 0 Å². The van der Waals surface area contributed by atoms with E-state index in [1.807, 2.05) is 0 Å². The van der Waals surface area contributed by atoms with Gasteiger partial charge in [0.15, 0.2) is 0 Å². The summed E-state index contributed by atoms with van der Waals surface area (Å²) in [6.45, 7) is 1.59. The molecule has 0 aromatic rings. The molecule has 0 spiro atoms. The van der Waals surface area contributed by atoms with Gasteiger partial charge in [-0.3, -0.25) is 0 Å². The summed E-state index contributed by atoms with van der Waals surface area (Å²) in [5.41, 5.74) is 0. The molecule has 0 radical (unpaired) electrons. The summed E-state index contributed by atoms with van der Waals surface area (Å²) >= 11 is 2.56. The highest BCUT2D eigenvalue weighted by Gasteiger charge is 2.22. The van der Waals surface area contributed by atoms with E-state index in [0.717, 1.165) is 13.2 Å². The van der Waals surface area contributed by atoms with E-state index in [2.05, 4.69) is 22.6 Å². The van der Waals surface area contributed by atoms with Gasteiger partial charge in [0.25, 0.3) is 0 Å². The van der Waals surface area contributed by atoms with Crippen molar-refractivity contribution in [2.24, 2.45) is 0 Å². The van der Waals surface area contributed by atoms with Gasteiger partial charge in [0, 0.05) is 3.92 Å². The Morgan fingerprint density at radius 2 is 1.56 bits per heavy atom. The van der Waals surface area contributed by atoms with Crippen LogP contribution in [-0.4, -0.2) is 29.3 Å². The molecule has 3 heteroatoms. The van der Waals surface area contributed by atoms with E-state index in [4.69, 9.17) is 9.47 Å². The molecule has 2 rings (SSSR count). The fourth-order valence-electron chi connectivity index (χ4n) is 2.37. The fourth-order valence-corrected chi connectivity index (χ4v) is 3.38. The molecule has 2 nitrogen and oxygen atoms in total. The van der Waals surface area contributed by atoms with Gasteiger partial charge in [-0.15, -0.1) is 0 Å². The lowest BCUT2D eigenvalue weighted by atomic mass is 9.96. The number of alkyl halides is 1. The van der Waals surface area contributed by atoms with Crippen LogP contribution in [0.1, 0.15) is 51.4 Å². The van der Waals surface area contributed by atoms with Gasteiger partial charge in [0.05, 0.1) is 25.4 Å². The van der Waals surface area contributed by atoms with Crippen LogP contribution >= 0.6 is 22.6 Å². The van der Waals surface area contributed by atoms with Crippen LogP contribution in [0.3, 0.4) is 0 Å². The Labute approximate surface area is 113 Å². The molecule has 16 heavy (non-hydrogen) atoms. The summed E-state index contributed by atoms with van der Waals surface area (Å²) in [6.07, 6.45) is 11.6. The minimum absolute atomic E-state index is 0.480. The Morgan fingerprint density at radius 1 is 0.812 bits per heavy atom. The van der Waals surface area contributed by atoms with Crippen LogP contribution in [0.4, 0.5) is 0 Å². The molecule has 0 aromatic carbocycles. The highest BCUT2D eigenvalue weighted by atomic mass is 127. The maximum absolute atomic E-state index is 5.96. The SMILES string of the molecule is IC1CCCCCC1OCCOC1CCC1. The summed E-state index contributed by atoms with van der Waals surface area (Å²) in [7, 11) is 0. The zero-order valence-electron chi connectivity index (χ0n) is 10.00. The predicted octanol–water partition coefficient (Wildman–Crippen LogP) is 3.71. The van der Waals surface area contributed by atoms with Crippen molar-refractivity contribution in [3.05, 3.63) is 0 Å². The van der Waals surface area contributed by atoms with Crippen molar-refractivity contribution in [3.63, 3.8) is 0 Å². The summed E-state index contributed by atoms with van der Waals surface area (Å²) in [4.78, 5) is 0. The molecular formula is C13H23IO2. The molecule has 2 atom stereocenters. The van der Waals surface area contributed by atoms with Gasteiger partial charge in [-0.2, -0.15) is 0 Å². The molecule has 2 fully saturated rings. The Balaban J connectivity index is 1.56. The number of hydrogen-bond acceptors (Lipinski definition) is 2. The van der Waals surface area contributed by atoms with E-state index in [1.165, 1.54) is 51.4 Å². The van der Waals surface area contributed by atoms with Crippen molar-refractivity contribution in [2.75, 3.05) is 13.2 Å². The standard InChI is InChI=1S/C13H23IO2/c14-12-7-2-1-3-8-13(12)16-10-9-15-11-5-4-6-11/h11-13H,1-10H2. The second-order valence-corrected chi connectivity index (χ2v) is 6.59. The van der Waals surface area contributed by atoms with Crippen molar-refractivity contribution in [1.82, 2.24) is 0 Å². The monoisotopic (exact) mass is 338 g/mol. The number of rotatable bonds is 5. The Bertz CT molecular complexity index is 194. The molecule has 0 aliphatic heterocycles. The van der Waals surface area contributed by atoms with E-state index < -0.39 is 0 Å². The van der Waals surface area contributed by atoms with Gasteiger partial charge in [-0.1, -0.05) is 41.9 Å². The van der Waals surface area contributed by atoms with E-state index in [1.54, 1.807) is 0 Å². The van der Waals surface area contributed by atoms with E-state index in [-0.39, 0.29) is 0 Å². The van der Waals surface area contributed by atoms with Gasteiger partial charge >= 0.3 is 0 Å². The molecule has 2 aliphatic carbocycles. The molecule has 0 N–H and O–H groups in total. The Morgan fingerprint density at radius 3 is 2.31 bits per heavy atom. The van der Waals surface area contributed by atoms with E-state index in [0.29, 0.717) is 16.1 Å². The lowest BCUT2D eigenvalue weighted by Gasteiger charge is -2.26. The van der Waals surface area contributed by atoms with Crippen molar-refractivity contribution in [3.8, 4) is 0 Å². The Kier molecular flexibility index (Phi) is 5.86. The maximum Gasteiger partial charge on any atom is 0.0704 e. The first-order valence-electron chi connectivity index (χ1n) is 6.73. The van der Waals surface area contributed by atoms with Crippen LogP contribution in [0.25, 0.3) is 0 Å². The molecule has 2 saturated carbocycles. The topological polar surface area (TPSA) is 18.5 Å². The van der Waals surface area contributed by atoms with Gasteiger partial charge in [0.1, 0.15) is 0 Å². The number of halogens is 1. The average molecular weight is 338 g/mol. The minimum Gasteiger partial charge on any atom is -0.376 e. The summed E-state index contributed by atoms with van der Waals surface area (Å²) in [5.74, 6) is 0. The zero-order valence-corrected chi connectivity index (χ0v) is 12.2. The van der Waals surface area contributed by atoms with Crippen LogP contribution < -0.4 is 0 Å². The average Bonchev–Trinajstić information content (AvgIpc) is 2.41. The molecule has 94 valence electrons. The lowest BCUT2D eigenvalue weighted by molar-refractivity contribution is -0.0462. The van der Waals surface area contributed by atoms with Crippen molar-refractivity contribution >= 4 is 22.6 Å².